The van der Waals surface area contributed by atoms with Gasteiger partial charge in [0.2, 0.25) is 0 Å². The molecule has 1 unspecified atom stereocenters. The van der Waals surface area contributed by atoms with Gasteiger partial charge in [0.05, 0.1) is 41.7 Å². The van der Waals surface area contributed by atoms with Gasteiger partial charge in [-0.25, -0.2) is 4.79 Å². The third kappa shape index (κ3) is 5.20. The average Bonchev–Trinajstić information content (AvgIpc) is 2.54. The van der Waals surface area contributed by atoms with Gasteiger partial charge in [-0.3, -0.25) is 10.1 Å². The molecule has 0 radical (unpaired) electrons. The fourth-order valence-corrected chi connectivity index (χ4v) is 3.42. The Bertz CT molecular complexity index is 677. The van der Waals surface area contributed by atoms with Gasteiger partial charge < -0.3 is 14.8 Å². The minimum absolute atomic E-state index is 0.0815. The van der Waals surface area contributed by atoms with Crippen LogP contribution in [0.15, 0.2) is 10.5 Å². The summed E-state index contributed by atoms with van der Waals surface area (Å²) < 4.78 is 10.2. The van der Waals surface area contributed by atoms with Crippen molar-refractivity contribution in [3.8, 4) is 11.8 Å². The first kappa shape index (κ1) is 20.4. The molecule has 0 saturated heterocycles. The number of methoxy groups -OCH3 is 2. The molecule has 1 amide bonds. The van der Waals surface area contributed by atoms with Crippen molar-refractivity contribution in [2.75, 3.05) is 20.8 Å². The van der Waals surface area contributed by atoms with Gasteiger partial charge in [0.15, 0.2) is 0 Å². The van der Waals surface area contributed by atoms with Crippen molar-refractivity contribution in [1.29, 1.82) is 5.26 Å². The Morgan fingerprint density at radius 1 is 1.54 bits per heavy atom. The number of halogens is 2. The van der Waals surface area contributed by atoms with Crippen LogP contribution in [0.5, 0.6) is 5.75 Å². The number of carbonyl (C=O) groups is 1. The van der Waals surface area contributed by atoms with Gasteiger partial charge in [-0.1, -0.05) is 22.6 Å². The number of ether oxygens (including phenoxy) is 2. The van der Waals surface area contributed by atoms with Gasteiger partial charge in [0, 0.05) is 22.1 Å². The summed E-state index contributed by atoms with van der Waals surface area (Å²) in [5.41, 5.74) is 0.761. The minimum atomic E-state index is -0.555. The minimum Gasteiger partial charge on any atom is -0.495 e. The van der Waals surface area contributed by atoms with Crippen LogP contribution in [0.2, 0.25) is 0 Å². The van der Waals surface area contributed by atoms with E-state index in [4.69, 9.17) is 10.00 Å². The number of alkyl halides is 1. The first-order valence-corrected chi connectivity index (χ1v) is 8.75. The molecule has 0 aliphatic carbocycles. The molecule has 1 rings (SSSR count). The van der Waals surface area contributed by atoms with Crippen LogP contribution in [-0.2, 0) is 17.6 Å². The van der Waals surface area contributed by atoms with E-state index in [0.29, 0.717) is 34.3 Å². The predicted octanol–water partition coefficient (Wildman–Crippen LogP) is 3.13. The monoisotopic (exact) mass is 511 g/mol. The number of nitrogens with zero attached hydrogens (tertiary/aromatic N) is 2. The summed E-state index contributed by atoms with van der Waals surface area (Å²) in [5.74, 6) is 0.450. The molecule has 0 saturated carbocycles. The molecule has 24 heavy (non-hydrogen) atoms. The van der Waals surface area contributed by atoms with Gasteiger partial charge >= 0.3 is 6.09 Å². The number of nitriles is 1. The summed E-state index contributed by atoms with van der Waals surface area (Å²) in [6, 6.07) is 3.29. The number of nitrogens with one attached hydrogen (secondary N) is 1. The van der Waals surface area contributed by atoms with Crippen LogP contribution < -0.4 is 10.1 Å². The smallest absolute Gasteiger partial charge is 0.406 e. The normalized spacial score (nSPS) is 11.3. The Morgan fingerprint density at radius 3 is 2.71 bits per heavy atom. The van der Waals surface area contributed by atoms with Crippen molar-refractivity contribution in [3.05, 3.63) is 31.8 Å². The molecule has 1 aromatic carbocycles. The first-order valence-electron chi connectivity index (χ1n) is 6.71. The number of nitro groups is 1. The van der Waals surface area contributed by atoms with Gasteiger partial charge in [0.1, 0.15) is 5.75 Å². The molecule has 0 aromatic heterocycles. The number of benzene rings is 1. The summed E-state index contributed by atoms with van der Waals surface area (Å²) in [6.07, 6.45) is -0.283. The lowest BCUT2D eigenvalue weighted by Gasteiger charge is -2.17. The second-order valence-electron chi connectivity index (χ2n) is 4.63. The molecule has 0 heterocycles. The number of carbonyl (C=O) groups excluding carboxylic acids is 1. The quantitative estimate of drug-likeness (QED) is 0.260. The first-order chi connectivity index (χ1) is 11.3. The molecule has 0 bridgehead atoms. The number of alkyl carbamates (subject to hydrolysis) is 1. The van der Waals surface area contributed by atoms with E-state index in [1.54, 1.807) is 0 Å². The Balaban J connectivity index is 3.24. The zero-order chi connectivity index (χ0) is 18.3. The molecule has 1 N–H and O–H groups in total. The molecule has 0 aliphatic heterocycles. The van der Waals surface area contributed by atoms with Crippen molar-refractivity contribution >= 4 is 50.3 Å². The van der Waals surface area contributed by atoms with Crippen LogP contribution in [0, 0.1) is 21.4 Å². The zero-order valence-electron chi connectivity index (χ0n) is 13.0. The van der Waals surface area contributed by atoms with Crippen LogP contribution in [0.4, 0.5) is 10.5 Å². The maximum absolute atomic E-state index is 11.3. The van der Waals surface area contributed by atoms with Gasteiger partial charge in [0.25, 0.3) is 5.69 Å². The fraction of sp³-hybridized carbons (Fsp3) is 0.429. The van der Waals surface area contributed by atoms with Crippen molar-refractivity contribution in [2.45, 2.75) is 16.8 Å². The topological polar surface area (TPSA) is 114 Å². The highest BCUT2D eigenvalue weighted by Crippen LogP contribution is 2.39. The van der Waals surface area contributed by atoms with E-state index in [9.17, 15) is 14.9 Å². The molecular formula is C14H15BrIN3O5. The van der Waals surface area contributed by atoms with Gasteiger partial charge in [-0.2, -0.15) is 5.26 Å². The second-order valence-corrected chi connectivity index (χ2v) is 7.25. The Hall–Kier alpha value is -1.61. The maximum Gasteiger partial charge on any atom is 0.406 e. The lowest BCUT2D eigenvalue weighted by atomic mass is 9.97. The van der Waals surface area contributed by atoms with Crippen LogP contribution >= 0.6 is 38.5 Å². The molecular weight excluding hydrogens is 497 g/mol. The van der Waals surface area contributed by atoms with E-state index in [0.717, 1.165) is 0 Å². The summed E-state index contributed by atoms with van der Waals surface area (Å²) in [4.78, 5) is 21.9. The SMILES string of the molecule is COC(=O)NCC(I)Cc1c(CC#N)c([N+](=O)[O-])cc(Br)c1OC. The highest BCUT2D eigenvalue weighted by atomic mass is 127. The standard InChI is InChI=1S/C14H15BrIN3O5/c1-23-13-10(5-8(16)7-18-14(20)24-2)9(3-4-17)12(19(21)22)6-11(13)15/h6,8H,3,5,7H2,1-2H3,(H,18,20). The molecule has 0 aliphatic rings. The van der Waals surface area contributed by atoms with E-state index in [1.165, 1.54) is 20.3 Å². The molecule has 8 nitrogen and oxygen atoms in total. The lowest BCUT2D eigenvalue weighted by molar-refractivity contribution is -0.385. The maximum atomic E-state index is 11.3. The summed E-state index contributed by atoms with van der Waals surface area (Å²) in [5, 5.41) is 22.9. The number of nitro benzene ring substituents is 1. The number of amides is 1. The molecule has 1 aromatic rings. The number of hydrogen-bond acceptors (Lipinski definition) is 6. The van der Waals surface area contributed by atoms with Crippen molar-refractivity contribution in [1.82, 2.24) is 5.32 Å². The molecule has 130 valence electrons. The summed E-state index contributed by atoms with van der Waals surface area (Å²) in [7, 11) is 2.73. The van der Waals surface area contributed by atoms with Gasteiger partial charge in [-0.05, 0) is 22.4 Å². The third-order valence-corrected chi connectivity index (χ3v) is 4.63. The second kappa shape index (κ2) is 9.63. The number of rotatable bonds is 7. The van der Waals surface area contributed by atoms with E-state index in [-0.39, 0.29) is 16.0 Å². The van der Waals surface area contributed by atoms with E-state index in [2.05, 4.69) is 48.6 Å². The molecule has 1 atom stereocenters. The highest BCUT2D eigenvalue weighted by molar-refractivity contribution is 14.1. The van der Waals surface area contributed by atoms with Crippen LogP contribution in [-0.4, -0.2) is 35.7 Å². The third-order valence-electron chi connectivity index (χ3n) is 3.16. The number of hydrogen-bond donors (Lipinski definition) is 1. The van der Waals surface area contributed by atoms with E-state index >= 15 is 0 Å². The van der Waals surface area contributed by atoms with Crippen molar-refractivity contribution in [3.63, 3.8) is 0 Å². The molecule has 10 heteroatoms. The predicted molar refractivity (Wildman–Crippen MR) is 98.6 cm³/mol. The van der Waals surface area contributed by atoms with E-state index in [1.807, 2.05) is 6.07 Å². The highest BCUT2D eigenvalue weighted by Gasteiger charge is 2.25. The summed E-state index contributed by atoms with van der Waals surface area (Å²) >= 11 is 5.39. The van der Waals surface area contributed by atoms with Crippen LogP contribution in [0.3, 0.4) is 0 Å². The Morgan fingerprint density at radius 2 is 2.21 bits per heavy atom. The van der Waals surface area contributed by atoms with E-state index < -0.39 is 11.0 Å². The Kier molecular flexibility index (Phi) is 8.20. The summed E-state index contributed by atoms with van der Waals surface area (Å²) in [6.45, 7) is 0.308. The van der Waals surface area contributed by atoms with Crippen LogP contribution in [0.1, 0.15) is 11.1 Å². The molecule has 0 spiro atoms. The van der Waals surface area contributed by atoms with Crippen LogP contribution in [0.25, 0.3) is 0 Å². The molecule has 0 fully saturated rings. The average molecular weight is 512 g/mol. The Labute approximate surface area is 160 Å². The largest absolute Gasteiger partial charge is 0.495 e. The lowest BCUT2D eigenvalue weighted by Crippen LogP contribution is -2.30. The van der Waals surface area contributed by atoms with Crippen molar-refractivity contribution in [2.24, 2.45) is 0 Å². The van der Waals surface area contributed by atoms with Crippen molar-refractivity contribution < 1.29 is 19.2 Å². The fourth-order valence-electron chi connectivity index (χ4n) is 2.14. The zero-order valence-corrected chi connectivity index (χ0v) is 16.7. The van der Waals surface area contributed by atoms with Gasteiger partial charge in [-0.15, -0.1) is 0 Å².